The second-order valence-electron chi connectivity index (χ2n) is 6.28. The molecule has 1 aromatic carbocycles. The predicted octanol–water partition coefficient (Wildman–Crippen LogP) is 3.11. The van der Waals surface area contributed by atoms with E-state index >= 15 is 0 Å². The molecule has 1 amide bonds. The summed E-state index contributed by atoms with van der Waals surface area (Å²) in [6.45, 7) is 0. The molecule has 4 nitrogen and oxygen atoms in total. The summed E-state index contributed by atoms with van der Waals surface area (Å²) in [5.41, 5.74) is 3.07. The van der Waals surface area contributed by atoms with Crippen LogP contribution in [0.5, 0.6) is 0 Å². The van der Waals surface area contributed by atoms with Gasteiger partial charge in [0.1, 0.15) is 5.82 Å². The summed E-state index contributed by atoms with van der Waals surface area (Å²) in [6, 6.07) is 6.66. The summed E-state index contributed by atoms with van der Waals surface area (Å²) in [4.78, 5) is 12.5. The van der Waals surface area contributed by atoms with Crippen LogP contribution in [0.1, 0.15) is 47.9 Å². The summed E-state index contributed by atoms with van der Waals surface area (Å²) in [5.74, 6) is 0.717. The second-order valence-corrected chi connectivity index (χ2v) is 6.28. The number of carbonyl (C=O) groups is 1. The van der Waals surface area contributed by atoms with Crippen molar-refractivity contribution in [1.29, 1.82) is 0 Å². The van der Waals surface area contributed by atoms with Crippen LogP contribution < -0.4 is 5.32 Å². The Balaban J connectivity index is 1.53. The van der Waals surface area contributed by atoms with Crippen LogP contribution in [0.3, 0.4) is 0 Å². The van der Waals surface area contributed by atoms with E-state index in [0.717, 1.165) is 24.0 Å². The molecule has 5 heteroatoms. The van der Waals surface area contributed by atoms with E-state index in [4.69, 9.17) is 0 Å². The van der Waals surface area contributed by atoms with Gasteiger partial charge in [-0.05, 0) is 48.9 Å². The number of hydrogen-bond acceptors (Lipinski definition) is 2. The van der Waals surface area contributed by atoms with Gasteiger partial charge in [-0.15, -0.1) is 0 Å². The number of benzene rings is 1. The maximum Gasteiger partial charge on any atom is 0.233 e. The molecule has 114 valence electrons. The molecule has 2 aliphatic carbocycles. The molecule has 4 rings (SSSR count). The Labute approximate surface area is 128 Å². The molecule has 1 saturated carbocycles. The van der Waals surface area contributed by atoms with E-state index in [1.54, 1.807) is 6.07 Å². The molecule has 0 saturated heterocycles. The van der Waals surface area contributed by atoms with Gasteiger partial charge in [-0.2, -0.15) is 5.10 Å². The first kappa shape index (κ1) is 13.5. The van der Waals surface area contributed by atoms with Crippen LogP contribution in [-0.4, -0.2) is 15.7 Å². The maximum atomic E-state index is 13.3. The van der Waals surface area contributed by atoms with Gasteiger partial charge in [0.15, 0.2) is 5.82 Å². The lowest BCUT2D eigenvalue weighted by molar-refractivity contribution is -0.117. The predicted molar refractivity (Wildman–Crippen MR) is 81.3 cm³/mol. The molecule has 1 atom stereocenters. The normalized spacial score (nSPS) is 20.0. The van der Waals surface area contributed by atoms with E-state index in [1.165, 1.54) is 30.7 Å². The SMILES string of the molecule is Cn1nc(NC(=O)C2CCc3cc(F)ccc32)cc1C1CC1. The minimum atomic E-state index is -0.237. The highest BCUT2D eigenvalue weighted by Crippen LogP contribution is 2.40. The van der Waals surface area contributed by atoms with Crippen molar-refractivity contribution in [2.24, 2.45) is 7.05 Å². The number of aryl methyl sites for hydroxylation is 2. The molecule has 2 aromatic rings. The number of nitrogens with zero attached hydrogens (tertiary/aromatic N) is 2. The molecule has 1 aromatic heterocycles. The lowest BCUT2D eigenvalue weighted by Crippen LogP contribution is -2.19. The molecular weight excluding hydrogens is 281 g/mol. The Kier molecular flexibility index (Phi) is 3.03. The zero-order valence-electron chi connectivity index (χ0n) is 12.5. The van der Waals surface area contributed by atoms with E-state index in [1.807, 2.05) is 17.8 Å². The van der Waals surface area contributed by atoms with Crippen LogP contribution in [0.2, 0.25) is 0 Å². The fourth-order valence-corrected chi connectivity index (χ4v) is 3.38. The van der Waals surface area contributed by atoms with Crippen molar-refractivity contribution in [3.8, 4) is 0 Å². The molecule has 0 bridgehead atoms. The Hall–Kier alpha value is -2.17. The molecular formula is C17H18FN3O. The van der Waals surface area contributed by atoms with Crippen molar-refractivity contribution in [1.82, 2.24) is 9.78 Å². The minimum absolute atomic E-state index is 0.0502. The van der Waals surface area contributed by atoms with Gasteiger partial charge < -0.3 is 5.32 Å². The van der Waals surface area contributed by atoms with Gasteiger partial charge in [-0.3, -0.25) is 9.48 Å². The number of fused-ring (bicyclic) bond motifs is 1. The summed E-state index contributed by atoms with van der Waals surface area (Å²) < 4.78 is 15.1. The molecule has 0 aliphatic heterocycles. The summed E-state index contributed by atoms with van der Waals surface area (Å²) in [5, 5.41) is 7.30. The van der Waals surface area contributed by atoms with Crippen molar-refractivity contribution < 1.29 is 9.18 Å². The monoisotopic (exact) mass is 299 g/mol. The third kappa shape index (κ3) is 2.30. The van der Waals surface area contributed by atoms with Crippen molar-refractivity contribution in [3.63, 3.8) is 0 Å². The zero-order chi connectivity index (χ0) is 15.3. The number of amides is 1. The van der Waals surface area contributed by atoms with Crippen molar-refractivity contribution in [2.45, 2.75) is 37.5 Å². The van der Waals surface area contributed by atoms with Gasteiger partial charge in [-0.25, -0.2) is 4.39 Å². The number of rotatable bonds is 3. The fourth-order valence-electron chi connectivity index (χ4n) is 3.38. The van der Waals surface area contributed by atoms with Gasteiger partial charge in [0.25, 0.3) is 0 Å². The summed E-state index contributed by atoms with van der Waals surface area (Å²) >= 11 is 0. The van der Waals surface area contributed by atoms with Crippen LogP contribution in [-0.2, 0) is 18.3 Å². The molecule has 1 heterocycles. The number of carbonyl (C=O) groups excluding carboxylic acids is 1. The molecule has 1 fully saturated rings. The largest absolute Gasteiger partial charge is 0.309 e. The van der Waals surface area contributed by atoms with Crippen molar-refractivity contribution >= 4 is 11.7 Å². The first-order valence-electron chi connectivity index (χ1n) is 7.75. The first-order chi connectivity index (χ1) is 10.6. The highest BCUT2D eigenvalue weighted by atomic mass is 19.1. The molecule has 2 aliphatic rings. The Morgan fingerprint density at radius 3 is 2.91 bits per heavy atom. The van der Waals surface area contributed by atoms with Crippen LogP contribution >= 0.6 is 0 Å². The lowest BCUT2D eigenvalue weighted by atomic mass is 10.0. The quantitative estimate of drug-likeness (QED) is 0.946. The third-order valence-corrected chi connectivity index (χ3v) is 4.66. The standard InChI is InChI=1S/C17H18FN3O/c1-21-15(10-2-3-10)9-16(20-21)19-17(22)14-6-4-11-8-12(18)5-7-13(11)14/h5,7-10,14H,2-4,6H2,1H3,(H,19,20,22). The summed E-state index contributed by atoms with van der Waals surface area (Å²) in [7, 11) is 1.91. The maximum absolute atomic E-state index is 13.3. The lowest BCUT2D eigenvalue weighted by Gasteiger charge is -2.10. The fraction of sp³-hybridized carbons (Fsp3) is 0.412. The minimum Gasteiger partial charge on any atom is -0.309 e. The molecule has 1 N–H and O–H groups in total. The third-order valence-electron chi connectivity index (χ3n) is 4.66. The Bertz CT molecular complexity index is 748. The highest BCUT2D eigenvalue weighted by molar-refractivity contribution is 5.95. The van der Waals surface area contributed by atoms with E-state index in [9.17, 15) is 9.18 Å². The smallest absolute Gasteiger partial charge is 0.233 e. The van der Waals surface area contributed by atoms with Gasteiger partial charge in [0, 0.05) is 24.7 Å². The van der Waals surface area contributed by atoms with Gasteiger partial charge >= 0.3 is 0 Å². The Morgan fingerprint density at radius 1 is 1.32 bits per heavy atom. The zero-order valence-corrected chi connectivity index (χ0v) is 12.5. The average molecular weight is 299 g/mol. The molecule has 1 unspecified atom stereocenters. The van der Waals surface area contributed by atoms with Crippen molar-refractivity contribution in [3.05, 3.63) is 46.9 Å². The van der Waals surface area contributed by atoms with Crippen LogP contribution in [0.25, 0.3) is 0 Å². The molecule has 22 heavy (non-hydrogen) atoms. The van der Waals surface area contributed by atoms with Gasteiger partial charge in [0.05, 0.1) is 5.92 Å². The van der Waals surface area contributed by atoms with E-state index in [2.05, 4.69) is 10.4 Å². The average Bonchev–Trinajstić information content (AvgIpc) is 3.13. The molecule has 0 radical (unpaired) electrons. The second kappa shape index (κ2) is 4.93. The number of halogens is 1. The Morgan fingerprint density at radius 2 is 2.14 bits per heavy atom. The highest BCUT2D eigenvalue weighted by Gasteiger charge is 2.31. The number of anilines is 1. The summed E-state index contributed by atoms with van der Waals surface area (Å²) in [6.07, 6.45) is 3.89. The number of hydrogen-bond donors (Lipinski definition) is 1. The number of nitrogens with one attached hydrogen (secondary N) is 1. The topological polar surface area (TPSA) is 46.9 Å². The molecule has 0 spiro atoms. The van der Waals surface area contributed by atoms with Crippen LogP contribution in [0, 0.1) is 5.82 Å². The van der Waals surface area contributed by atoms with Crippen molar-refractivity contribution in [2.75, 3.05) is 5.32 Å². The van der Waals surface area contributed by atoms with Gasteiger partial charge in [-0.1, -0.05) is 6.07 Å². The van der Waals surface area contributed by atoms with Gasteiger partial charge in [0.2, 0.25) is 5.91 Å². The van der Waals surface area contributed by atoms with E-state index in [-0.39, 0.29) is 17.6 Å². The van der Waals surface area contributed by atoms with E-state index < -0.39 is 0 Å². The van der Waals surface area contributed by atoms with E-state index in [0.29, 0.717) is 11.7 Å². The van der Waals surface area contributed by atoms with Crippen LogP contribution in [0.15, 0.2) is 24.3 Å². The first-order valence-corrected chi connectivity index (χ1v) is 7.75. The number of aromatic nitrogens is 2. The van der Waals surface area contributed by atoms with Crippen LogP contribution in [0.4, 0.5) is 10.2 Å².